The SMILES string of the molecule is CC(C)N(CCC(c1ccccc1)c1c(O)cccc1CCOc1ccc(CCNS(=O)(=O)c2ccc(O)cc2)cc1)C(C)C. The van der Waals surface area contributed by atoms with E-state index in [4.69, 9.17) is 4.74 Å². The van der Waals surface area contributed by atoms with E-state index in [0.29, 0.717) is 37.3 Å². The van der Waals surface area contributed by atoms with Crippen LogP contribution in [0.25, 0.3) is 0 Å². The van der Waals surface area contributed by atoms with Crippen molar-refractivity contribution in [3.8, 4) is 17.2 Å². The first kappa shape index (κ1) is 34.0. The number of rotatable bonds is 16. The van der Waals surface area contributed by atoms with E-state index < -0.39 is 10.0 Å². The third kappa shape index (κ3) is 9.57. The van der Waals surface area contributed by atoms with E-state index in [1.807, 2.05) is 36.4 Å². The number of nitrogens with one attached hydrogen (secondary N) is 1. The maximum atomic E-state index is 12.5. The molecule has 0 saturated heterocycles. The van der Waals surface area contributed by atoms with Crippen LogP contribution in [0.2, 0.25) is 0 Å². The molecule has 4 aromatic carbocycles. The van der Waals surface area contributed by atoms with E-state index in [9.17, 15) is 18.6 Å². The minimum Gasteiger partial charge on any atom is -0.508 e. The third-order valence-corrected chi connectivity index (χ3v) is 9.62. The van der Waals surface area contributed by atoms with Crippen LogP contribution in [0.4, 0.5) is 0 Å². The highest BCUT2D eigenvalue weighted by Gasteiger charge is 2.23. The van der Waals surface area contributed by atoms with Crippen molar-refractivity contribution in [1.82, 2.24) is 9.62 Å². The van der Waals surface area contributed by atoms with Crippen LogP contribution >= 0.6 is 0 Å². The molecule has 0 saturated carbocycles. The molecule has 45 heavy (non-hydrogen) atoms. The number of phenolic OH excluding ortho intramolecular Hbond substituents is 2. The second-order valence-corrected chi connectivity index (χ2v) is 13.7. The molecule has 4 aromatic rings. The Labute approximate surface area is 268 Å². The molecule has 0 bridgehead atoms. The van der Waals surface area contributed by atoms with Crippen molar-refractivity contribution in [3.05, 3.63) is 119 Å². The van der Waals surface area contributed by atoms with E-state index in [1.165, 1.54) is 29.8 Å². The molecule has 0 aliphatic rings. The van der Waals surface area contributed by atoms with Gasteiger partial charge in [-0.3, -0.25) is 4.90 Å². The summed E-state index contributed by atoms with van der Waals surface area (Å²) in [5.74, 6) is 1.11. The molecule has 1 unspecified atom stereocenters. The van der Waals surface area contributed by atoms with Gasteiger partial charge in [0.25, 0.3) is 0 Å². The Morgan fingerprint density at radius 3 is 2.09 bits per heavy atom. The molecule has 0 radical (unpaired) electrons. The number of aromatic hydroxyl groups is 2. The summed E-state index contributed by atoms with van der Waals surface area (Å²) in [6, 6.07) is 30.2. The molecule has 0 aliphatic carbocycles. The maximum absolute atomic E-state index is 12.5. The average molecular weight is 631 g/mol. The number of hydrogen-bond acceptors (Lipinski definition) is 6. The Morgan fingerprint density at radius 2 is 1.44 bits per heavy atom. The van der Waals surface area contributed by atoms with Gasteiger partial charge in [0.05, 0.1) is 11.5 Å². The number of benzene rings is 4. The fraction of sp³-hybridized carbons (Fsp3) is 0.351. The summed E-state index contributed by atoms with van der Waals surface area (Å²) >= 11 is 0. The van der Waals surface area contributed by atoms with Gasteiger partial charge in [-0.05, 0) is 106 Å². The second-order valence-electron chi connectivity index (χ2n) is 11.9. The lowest BCUT2D eigenvalue weighted by molar-refractivity contribution is 0.170. The van der Waals surface area contributed by atoms with Crippen LogP contribution in [0.15, 0.2) is 102 Å². The first-order chi connectivity index (χ1) is 21.5. The summed E-state index contributed by atoms with van der Waals surface area (Å²) in [5, 5.41) is 20.5. The molecule has 0 aromatic heterocycles. The van der Waals surface area contributed by atoms with Gasteiger partial charge in [-0.25, -0.2) is 13.1 Å². The minimum absolute atomic E-state index is 0.0188. The molecule has 0 fully saturated rings. The highest BCUT2D eigenvalue weighted by molar-refractivity contribution is 7.89. The molecule has 0 amide bonds. The maximum Gasteiger partial charge on any atom is 0.240 e. The van der Waals surface area contributed by atoms with Crippen molar-refractivity contribution in [1.29, 1.82) is 0 Å². The lowest BCUT2D eigenvalue weighted by Crippen LogP contribution is -2.38. The average Bonchev–Trinajstić information content (AvgIpc) is 3.01. The summed E-state index contributed by atoms with van der Waals surface area (Å²) < 4.78 is 33.7. The summed E-state index contributed by atoms with van der Waals surface area (Å²) in [6.07, 6.45) is 2.06. The highest BCUT2D eigenvalue weighted by atomic mass is 32.2. The zero-order valence-electron chi connectivity index (χ0n) is 26.7. The van der Waals surface area contributed by atoms with Crippen LogP contribution in [0.5, 0.6) is 17.2 Å². The second kappa shape index (κ2) is 15.9. The van der Waals surface area contributed by atoms with Crippen LogP contribution < -0.4 is 9.46 Å². The Morgan fingerprint density at radius 1 is 0.778 bits per heavy atom. The van der Waals surface area contributed by atoms with Crippen molar-refractivity contribution in [2.45, 2.75) is 69.9 Å². The fourth-order valence-electron chi connectivity index (χ4n) is 5.84. The minimum atomic E-state index is -3.65. The predicted octanol–water partition coefficient (Wildman–Crippen LogP) is 6.88. The van der Waals surface area contributed by atoms with Crippen LogP contribution in [-0.2, 0) is 22.9 Å². The first-order valence-electron chi connectivity index (χ1n) is 15.7. The van der Waals surface area contributed by atoms with Gasteiger partial charge in [0.2, 0.25) is 10.0 Å². The van der Waals surface area contributed by atoms with Gasteiger partial charge in [0.1, 0.15) is 17.2 Å². The lowest BCUT2D eigenvalue weighted by atomic mass is 9.84. The summed E-state index contributed by atoms with van der Waals surface area (Å²) in [5.41, 5.74) is 4.20. The quantitative estimate of drug-likeness (QED) is 0.125. The molecule has 0 aliphatic heterocycles. The van der Waals surface area contributed by atoms with Gasteiger partial charge in [-0.2, -0.15) is 0 Å². The number of phenols is 2. The lowest BCUT2D eigenvalue weighted by Gasteiger charge is -2.32. The van der Waals surface area contributed by atoms with Crippen LogP contribution in [-0.4, -0.2) is 55.3 Å². The van der Waals surface area contributed by atoms with Crippen LogP contribution in [0, 0.1) is 0 Å². The van der Waals surface area contributed by atoms with Crippen molar-refractivity contribution in [2.24, 2.45) is 0 Å². The van der Waals surface area contributed by atoms with Crippen LogP contribution in [0.1, 0.15) is 62.3 Å². The number of sulfonamides is 1. The van der Waals surface area contributed by atoms with Gasteiger partial charge in [-0.15, -0.1) is 0 Å². The topological polar surface area (TPSA) is 99.1 Å². The Hall–Kier alpha value is -3.85. The molecule has 0 spiro atoms. The third-order valence-electron chi connectivity index (χ3n) is 8.14. The van der Waals surface area contributed by atoms with Gasteiger partial charge in [0.15, 0.2) is 0 Å². The van der Waals surface area contributed by atoms with E-state index in [0.717, 1.165) is 35.4 Å². The molecular formula is C37H46N2O5S. The molecule has 7 nitrogen and oxygen atoms in total. The standard InChI is InChI=1S/C37H46N2O5S/c1-27(2)39(28(3)4)25-22-35(30-9-6-5-7-10-30)37-31(11-8-12-36(37)41)23-26-44-33-17-13-29(14-18-33)21-24-38-45(42,43)34-19-15-32(40)16-20-34/h5-20,27-28,35,38,40-41H,21-26H2,1-4H3. The number of nitrogens with zero attached hydrogens (tertiary/aromatic N) is 1. The van der Waals surface area contributed by atoms with Gasteiger partial charge in [-0.1, -0.05) is 54.6 Å². The molecule has 3 N–H and O–H groups in total. The zero-order chi connectivity index (χ0) is 32.4. The summed E-state index contributed by atoms with van der Waals surface area (Å²) in [7, 11) is -3.65. The smallest absolute Gasteiger partial charge is 0.240 e. The predicted molar refractivity (Wildman–Crippen MR) is 181 cm³/mol. The van der Waals surface area contributed by atoms with Crippen molar-refractivity contribution in [2.75, 3.05) is 19.7 Å². The monoisotopic (exact) mass is 630 g/mol. The molecule has 4 rings (SSSR count). The van der Waals surface area contributed by atoms with Gasteiger partial charge >= 0.3 is 0 Å². The Kier molecular flexibility index (Phi) is 12.0. The van der Waals surface area contributed by atoms with Crippen molar-refractivity contribution >= 4 is 10.0 Å². The van der Waals surface area contributed by atoms with Crippen molar-refractivity contribution in [3.63, 3.8) is 0 Å². The van der Waals surface area contributed by atoms with E-state index in [2.05, 4.69) is 67.6 Å². The molecule has 240 valence electrons. The largest absolute Gasteiger partial charge is 0.508 e. The highest BCUT2D eigenvalue weighted by Crippen LogP contribution is 2.37. The number of hydrogen-bond donors (Lipinski definition) is 3. The summed E-state index contributed by atoms with van der Waals surface area (Å²) in [6.45, 7) is 10.5. The molecule has 1 atom stereocenters. The molecule has 0 heterocycles. The Balaban J connectivity index is 1.38. The summed E-state index contributed by atoms with van der Waals surface area (Å²) in [4.78, 5) is 2.61. The normalized spacial score (nSPS) is 12.6. The van der Waals surface area contributed by atoms with Crippen LogP contribution in [0.3, 0.4) is 0 Å². The van der Waals surface area contributed by atoms with E-state index >= 15 is 0 Å². The molecule has 8 heteroatoms. The van der Waals surface area contributed by atoms with E-state index in [-0.39, 0.29) is 23.1 Å². The van der Waals surface area contributed by atoms with Gasteiger partial charge < -0.3 is 14.9 Å². The van der Waals surface area contributed by atoms with Crippen molar-refractivity contribution < 1.29 is 23.4 Å². The van der Waals surface area contributed by atoms with E-state index in [1.54, 1.807) is 6.07 Å². The molecular weight excluding hydrogens is 584 g/mol. The first-order valence-corrected chi connectivity index (χ1v) is 17.2. The fourth-order valence-corrected chi connectivity index (χ4v) is 6.88. The Bertz CT molecular complexity index is 1580. The zero-order valence-corrected chi connectivity index (χ0v) is 27.5. The number of ether oxygens (including phenoxy) is 1. The van der Waals surface area contributed by atoms with Gasteiger partial charge in [0, 0.05) is 36.5 Å².